The number of nitrogens with two attached hydrogens (primary N) is 1. The number of pyridine rings is 1. The van der Waals surface area contributed by atoms with Gasteiger partial charge in [-0.15, -0.1) is 0 Å². The number of hydrogen-bond donors (Lipinski definition) is 2. The van der Waals surface area contributed by atoms with Crippen molar-refractivity contribution in [2.45, 2.75) is 18.4 Å². The number of rotatable bonds is 7. The molecule has 5 heteroatoms. The van der Waals surface area contributed by atoms with Crippen molar-refractivity contribution in [3.63, 3.8) is 0 Å². The largest absolute Gasteiger partial charge is 0.497 e. The van der Waals surface area contributed by atoms with Crippen molar-refractivity contribution >= 4 is 10.8 Å². The summed E-state index contributed by atoms with van der Waals surface area (Å²) in [6, 6.07) is 16.8. The SMILES string of the molecule is COc1ccc(C[C@H](N)CNC2=CC(c3ccc4cnccc4c3)CN2C)cc1. The molecular weight excluding hydrogens is 360 g/mol. The van der Waals surface area contributed by atoms with Gasteiger partial charge in [0.15, 0.2) is 0 Å². The Kier molecular flexibility index (Phi) is 5.67. The molecule has 0 aliphatic carbocycles. The molecule has 0 radical (unpaired) electrons. The van der Waals surface area contributed by atoms with Gasteiger partial charge in [0.2, 0.25) is 0 Å². The number of nitrogens with one attached hydrogen (secondary N) is 1. The summed E-state index contributed by atoms with van der Waals surface area (Å²) in [5, 5.41) is 5.95. The molecule has 1 aliphatic heterocycles. The molecule has 0 bridgehead atoms. The Morgan fingerprint density at radius 1 is 1.17 bits per heavy atom. The molecule has 3 aromatic rings. The van der Waals surface area contributed by atoms with Crippen LogP contribution in [0.1, 0.15) is 17.0 Å². The summed E-state index contributed by atoms with van der Waals surface area (Å²) in [5.74, 6) is 2.39. The Balaban J connectivity index is 1.37. The highest BCUT2D eigenvalue weighted by atomic mass is 16.5. The van der Waals surface area contributed by atoms with Crippen LogP contribution in [-0.2, 0) is 6.42 Å². The summed E-state index contributed by atoms with van der Waals surface area (Å²) in [5.41, 5.74) is 8.91. The number of aromatic nitrogens is 1. The van der Waals surface area contributed by atoms with Crippen LogP contribution < -0.4 is 15.8 Å². The molecule has 0 amide bonds. The van der Waals surface area contributed by atoms with Gasteiger partial charge in [-0.05, 0) is 47.2 Å². The Morgan fingerprint density at radius 3 is 2.79 bits per heavy atom. The number of fused-ring (bicyclic) bond motifs is 1. The van der Waals surface area contributed by atoms with Gasteiger partial charge in [0.1, 0.15) is 5.75 Å². The molecule has 150 valence electrons. The van der Waals surface area contributed by atoms with Crippen molar-refractivity contribution < 1.29 is 4.74 Å². The molecule has 0 fully saturated rings. The third-order valence-corrected chi connectivity index (χ3v) is 5.54. The van der Waals surface area contributed by atoms with Crippen LogP contribution in [0.5, 0.6) is 5.75 Å². The van der Waals surface area contributed by atoms with Crippen LogP contribution in [0.15, 0.2) is 72.8 Å². The lowest BCUT2D eigenvalue weighted by Gasteiger charge is -2.21. The second-order valence-corrected chi connectivity index (χ2v) is 7.71. The molecule has 1 unspecified atom stereocenters. The van der Waals surface area contributed by atoms with E-state index in [4.69, 9.17) is 10.5 Å². The normalized spacial score (nSPS) is 17.3. The third kappa shape index (κ3) is 4.51. The average molecular weight is 389 g/mol. The minimum absolute atomic E-state index is 0.0462. The molecule has 0 spiro atoms. The summed E-state index contributed by atoms with van der Waals surface area (Å²) in [4.78, 5) is 6.46. The number of methoxy groups -OCH3 is 1. The minimum atomic E-state index is 0.0462. The first-order valence-corrected chi connectivity index (χ1v) is 10.0. The highest BCUT2D eigenvalue weighted by molar-refractivity contribution is 5.82. The summed E-state index contributed by atoms with van der Waals surface area (Å²) < 4.78 is 5.21. The number of likely N-dealkylation sites (N-methyl/N-ethyl adjacent to an activating group) is 1. The van der Waals surface area contributed by atoms with Gasteiger partial charge in [0.05, 0.1) is 12.9 Å². The van der Waals surface area contributed by atoms with Gasteiger partial charge in [-0.3, -0.25) is 4.98 Å². The second kappa shape index (κ2) is 8.53. The summed E-state index contributed by atoms with van der Waals surface area (Å²) in [6.07, 6.45) is 6.89. The van der Waals surface area contributed by atoms with E-state index in [-0.39, 0.29) is 6.04 Å². The highest BCUT2D eigenvalue weighted by Crippen LogP contribution is 2.28. The summed E-state index contributed by atoms with van der Waals surface area (Å²) >= 11 is 0. The standard InChI is InChI=1S/C24H28N4O/c1-28-16-21(18-5-6-20-14-26-10-9-19(20)12-18)13-24(28)27-15-22(25)11-17-3-7-23(29-2)8-4-17/h3-10,12-14,21-22,27H,11,15-16,25H2,1-2H3/t21?,22-/m0/s1. The van der Waals surface area contributed by atoms with Gasteiger partial charge >= 0.3 is 0 Å². The van der Waals surface area contributed by atoms with Crippen LogP contribution in [0.25, 0.3) is 10.8 Å². The molecule has 29 heavy (non-hydrogen) atoms. The van der Waals surface area contributed by atoms with Gasteiger partial charge in [-0.2, -0.15) is 0 Å². The minimum Gasteiger partial charge on any atom is -0.497 e. The van der Waals surface area contributed by atoms with Gasteiger partial charge in [-0.1, -0.05) is 30.3 Å². The van der Waals surface area contributed by atoms with Crippen molar-refractivity contribution in [2.24, 2.45) is 5.73 Å². The van der Waals surface area contributed by atoms with E-state index in [1.54, 1.807) is 7.11 Å². The molecule has 2 aromatic carbocycles. The smallest absolute Gasteiger partial charge is 0.118 e. The number of benzene rings is 2. The van der Waals surface area contributed by atoms with Crippen LogP contribution in [-0.4, -0.2) is 43.2 Å². The van der Waals surface area contributed by atoms with Crippen molar-refractivity contribution in [3.8, 4) is 5.75 Å². The average Bonchev–Trinajstić information content (AvgIpc) is 3.13. The first kappa shape index (κ1) is 19.3. The van der Waals surface area contributed by atoms with E-state index in [1.807, 2.05) is 24.5 Å². The fourth-order valence-electron chi connectivity index (χ4n) is 3.86. The Labute approximate surface area is 172 Å². The van der Waals surface area contributed by atoms with Gasteiger partial charge in [-0.25, -0.2) is 0 Å². The number of ether oxygens (including phenoxy) is 1. The van der Waals surface area contributed by atoms with Crippen LogP contribution in [0.3, 0.4) is 0 Å². The predicted molar refractivity (Wildman–Crippen MR) is 118 cm³/mol. The number of hydrogen-bond acceptors (Lipinski definition) is 5. The maximum Gasteiger partial charge on any atom is 0.118 e. The van der Waals surface area contributed by atoms with Crippen molar-refractivity contribution in [1.82, 2.24) is 15.2 Å². The summed E-state index contributed by atoms with van der Waals surface area (Å²) in [6.45, 7) is 1.70. The zero-order valence-electron chi connectivity index (χ0n) is 17.0. The molecule has 3 N–H and O–H groups in total. The first-order chi connectivity index (χ1) is 14.1. The van der Waals surface area contributed by atoms with E-state index in [0.717, 1.165) is 31.1 Å². The van der Waals surface area contributed by atoms with E-state index in [1.165, 1.54) is 21.9 Å². The fraction of sp³-hybridized carbons (Fsp3) is 0.292. The Bertz CT molecular complexity index is 999. The van der Waals surface area contributed by atoms with Gasteiger partial charge in [0.25, 0.3) is 0 Å². The lowest BCUT2D eigenvalue weighted by atomic mass is 9.98. The molecule has 2 atom stereocenters. The number of nitrogens with zero attached hydrogens (tertiary/aromatic N) is 2. The quantitative estimate of drug-likeness (QED) is 0.650. The van der Waals surface area contributed by atoms with Crippen LogP contribution >= 0.6 is 0 Å². The van der Waals surface area contributed by atoms with Crippen LogP contribution in [0, 0.1) is 0 Å². The van der Waals surface area contributed by atoms with Crippen molar-refractivity contribution in [2.75, 3.05) is 27.2 Å². The first-order valence-electron chi connectivity index (χ1n) is 10.0. The van der Waals surface area contributed by atoms with Crippen LogP contribution in [0.2, 0.25) is 0 Å². The molecule has 1 aromatic heterocycles. The zero-order chi connectivity index (χ0) is 20.2. The van der Waals surface area contributed by atoms with E-state index >= 15 is 0 Å². The third-order valence-electron chi connectivity index (χ3n) is 5.54. The van der Waals surface area contributed by atoms with E-state index in [9.17, 15) is 0 Å². The highest BCUT2D eigenvalue weighted by Gasteiger charge is 2.22. The van der Waals surface area contributed by atoms with Crippen molar-refractivity contribution in [3.05, 3.63) is 83.9 Å². The monoisotopic (exact) mass is 388 g/mol. The fourth-order valence-corrected chi connectivity index (χ4v) is 3.86. The maximum absolute atomic E-state index is 6.36. The second-order valence-electron chi connectivity index (χ2n) is 7.71. The topological polar surface area (TPSA) is 63.4 Å². The summed E-state index contributed by atoms with van der Waals surface area (Å²) in [7, 11) is 3.80. The van der Waals surface area contributed by atoms with E-state index < -0.39 is 0 Å². The Hall–Kier alpha value is -3.05. The molecule has 4 rings (SSSR count). The van der Waals surface area contributed by atoms with E-state index in [2.05, 4.69) is 64.7 Å². The van der Waals surface area contributed by atoms with Gasteiger partial charge in [0, 0.05) is 49.9 Å². The Morgan fingerprint density at radius 2 is 2.00 bits per heavy atom. The molecular formula is C24H28N4O. The van der Waals surface area contributed by atoms with Crippen molar-refractivity contribution in [1.29, 1.82) is 0 Å². The molecule has 2 heterocycles. The molecule has 0 saturated carbocycles. The lowest BCUT2D eigenvalue weighted by Crippen LogP contribution is -2.37. The van der Waals surface area contributed by atoms with Crippen LogP contribution in [0.4, 0.5) is 0 Å². The molecule has 0 saturated heterocycles. The predicted octanol–water partition coefficient (Wildman–Crippen LogP) is 3.27. The lowest BCUT2D eigenvalue weighted by molar-refractivity contribution is 0.404. The van der Waals surface area contributed by atoms with Gasteiger partial charge < -0.3 is 20.7 Å². The van der Waals surface area contributed by atoms with E-state index in [0.29, 0.717) is 5.92 Å². The molecule has 5 nitrogen and oxygen atoms in total. The maximum atomic E-state index is 6.36. The molecule has 1 aliphatic rings. The zero-order valence-corrected chi connectivity index (χ0v) is 17.0.